The molecule has 0 bridgehead atoms. The summed E-state index contributed by atoms with van der Waals surface area (Å²) in [6, 6.07) is 3.79. The Morgan fingerprint density at radius 3 is 2.06 bits per heavy atom. The molecule has 0 aliphatic rings. The highest BCUT2D eigenvalue weighted by molar-refractivity contribution is 5.29. The third-order valence-electron chi connectivity index (χ3n) is 2.58. The monoisotopic (exact) mass is 268 g/mol. The summed E-state index contributed by atoms with van der Waals surface area (Å²) in [5, 5.41) is 9.66. The lowest BCUT2D eigenvalue weighted by atomic mass is 9.96. The lowest BCUT2D eigenvalue weighted by Gasteiger charge is -2.22. The molecule has 0 heterocycles. The highest BCUT2D eigenvalue weighted by Crippen LogP contribution is 2.44. The molecule has 0 spiro atoms. The van der Waals surface area contributed by atoms with Crippen LogP contribution < -0.4 is 0 Å². The van der Waals surface area contributed by atoms with Gasteiger partial charge in [0.15, 0.2) is 0 Å². The molecule has 1 nitrogen and oxygen atoms in total. The Hall–Kier alpha value is -1.17. The molecule has 0 aliphatic carbocycles. The summed E-state index contributed by atoms with van der Waals surface area (Å²) in [4.78, 5) is 0. The van der Waals surface area contributed by atoms with Crippen LogP contribution in [0.25, 0.3) is 0 Å². The Labute approximate surface area is 101 Å². The fourth-order valence-corrected chi connectivity index (χ4v) is 1.47. The number of benzene rings is 1. The maximum absolute atomic E-state index is 13.1. The summed E-state index contributed by atoms with van der Waals surface area (Å²) in [5.74, 6) is -5.19. The lowest BCUT2D eigenvalue weighted by Crippen LogP contribution is -2.33. The van der Waals surface area contributed by atoms with Crippen LogP contribution in [0.1, 0.15) is 31.1 Å². The average Bonchev–Trinajstić information content (AvgIpc) is 2.26. The van der Waals surface area contributed by atoms with E-state index in [1.807, 2.05) is 0 Å². The molecule has 0 amide bonds. The number of alkyl halides is 5. The Balaban J connectivity index is 3.17. The molecule has 0 radical (unpaired) electrons. The maximum Gasteiger partial charge on any atom is 0.458 e. The van der Waals surface area contributed by atoms with Gasteiger partial charge in [0.1, 0.15) is 0 Å². The summed E-state index contributed by atoms with van der Waals surface area (Å²) >= 11 is 0. The van der Waals surface area contributed by atoms with E-state index in [4.69, 9.17) is 0 Å². The molecule has 1 N–H and O–H groups in total. The quantitative estimate of drug-likeness (QED) is 0.820. The van der Waals surface area contributed by atoms with Gasteiger partial charge in [0.05, 0.1) is 6.10 Å². The van der Waals surface area contributed by atoms with Gasteiger partial charge in [-0.3, -0.25) is 0 Å². The van der Waals surface area contributed by atoms with Crippen molar-refractivity contribution < 1.29 is 27.1 Å². The average molecular weight is 268 g/mol. The number of aliphatic hydroxyl groups excluding tert-OH is 1. The van der Waals surface area contributed by atoms with E-state index in [2.05, 4.69) is 0 Å². The molecular formula is C12H13F5O. The Morgan fingerprint density at radius 2 is 1.61 bits per heavy atom. The minimum Gasteiger partial charge on any atom is -0.388 e. The highest BCUT2D eigenvalue weighted by atomic mass is 19.4. The summed E-state index contributed by atoms with van der Waals surface area (Å²) in [5.41, 5.74) is -1.11. The number of aliphatic hydroxyl groups is 1. The summed E-state index contributed by atoms with van der Waals surface area (Å²) in [7, 11) is 0. The second kappa shape index (κ2) is 4.84. The van der Waals surface area contributed by atoms with E-state index in [-0.39, 0.29) is 11.5 Å². The van der Waals surface area contributed by atoms with Gasteiger partial charge in [-0.1, -0.05) is 32.0 Å². The van der Waals surface area contributed by atoms with Gasteiger partial charge in [0.2, 0.25) is 0 Å². The first-order chi connectivity index (χ1) is 8.07. The molecule has 1 rings (SSSR count). The van der Waals surface area contributed by atoms with Crippen LogP contribution in [0.4, 0.5) is 22.0 Å². The van der Waals surface area contributed by atoms with Gasteiger partial charge in [-0.15, -0.1) is 0 Å². The molecule has 1 aromatic rings. The van der Waals surface area contributed by atoms with E-state index in [1.165, 1.54) is 6.07 Å². The van der Waals surface area contributed by atoms with Crippen molar-refractivity contribution in [3.05, 3.63) is 35.4 Å². The fourth-order valence-electron chi connectivity index (χ4n) is 1.47. The first-order valence-electron chi connectivity index (χ1n) is 5.30. The molecule has 6 heteroatoms. The molecule has 18 heavy (non-hydrogen) atoms. The summed E-state index contributed by atoms with van der Waals surface area (Å²) < 4.78 is 62.8. The van der Waals surface area contributed by atoms with Gasteiger partial charge in [-0.25, -0.2) is 0 Å². The number of rotatable bonds is 3. The van der Waals surface area contributed by atoms with Crippen molar-refractivity contribution in [2.45, 2.75) is 32.1 Å². The Bertz CT molecular complexity index is 411. The van der Waals surface area contributed by atoms with Crippen LogP contribution in [-0.2, 0) is 5.92 Å². The summed E-state index contributed by atoms with van der Waals surface area (Å²) in [6.45, 7) is 3.28. The number of halogens is 5. The fraction of sp³-hybridized carbons (Fsp3) is 0.500. The summed E-state index contributed by atoms with van der Waals surface area (Å²) in [6.07, 6.45) is -6.72. The van der Waals surface area contributed by atoms with Crippen LogP contribution in [0.15, 0.2) is 24.3 Å². The standard InChI is InChI=1S/C12H13F5O/c1-7(2)10(18)8-4-3-5-9(6-8)11(13,14)12(15,16)17/h3-7,10,18H,1-2H3. The third kappa shape index (κ3) is 2.80. The van der Waals surface area contributed by atoms with E-state index >= 15 is 0 Å². The van der Waals surface area contributed by atoms with Crippen molar-refractivity contribution in [2.75, 3.05) is 0 Å². The largest absolute Gasteiger partial charge is 0.458 e. The SMILES string of the molecule is CC(C)C(O)c1cccc(C(F)(F)C(F)(F)F)c1. The predicted molar refractivity (Wildman–Crippen MR) is 56.2 cm³/mol. The molecule has 1 aromatic carbocycles. The molecule has 1 atom stereocenters. The van der Waals surface area contributed by atoms with Crippen LogP contribution in [0.5, 0.6) is 0 Å². The molecule has 1 unspecified atom stereocenters. The van der Waals surface area contributed by atoms with Gasteiger partial charge in [0.25, 0.3) is 0 Å². The number of hydrogen-bond donors (Lipinski definition) is 1. The van der Waals surface area contributed by atoms with E-state index in [0.717, 1.165) is 6.07 Å². The smallest absolute Gasteiger partial charge is 0.388 e. The van der Waals surface area contributed by atoms with E-state index in [1.54, 1.807) is 13.8 Å². The van der Waals surface area contributed by atoms with Crippen molar-refractivity contribution in [3.63, 3.8) is 0 Å². The number of hydrogen-bond acceptors (Lipinski definition) is 1. The van der Waals surface area contributed by atoms with Crippen molar-refractivity contribution in [3.8, 4) is 0 Å². The zero-order chi connectivity index (χ0) is 14.1. The molecule has 0 aliphatic heterocycles. The minimum absolute atomic E-state index is 0.0476. The van der Waals surface area contributed by atoms with Crippen molar-refractivity contribution >= 4 is 0 Å². The zero-order valence-electron chi connectivity index (χ0n) is 9.80. The van der Waals surface area contributed by atoms with Crippen molar-refractivity contribution in [1.29, 1.82) is 0 Å². The van der Waals surface area contributed by atoms with Crippen LogP contribution in [-0.4, -0.2) is 11.3 Å². The van der Waals surface area contributed by atoms with Crippen LogP contribution in [0.2, 0.25) is 0 Å². The molecule has 0 saturated carbocycles. The molecule has 102 valence electrons. The van der Waals surface area contributed by atoms with Gasteiger partial charge in [-0.2, -0.15) is 22.0 Å². The Morgan fingerprint density at radius 1 is 1.06 bits per heavy atom. The second-order valence-corrected chi connectivity index (χ2v) is 4.39. The molecular weight excluding hydrogens is 255 g/mol. The first-order valence-corrected chi connectivity index (χ1v) is 5.30. The second-order valence-electron chi connectivity index (χ2n) is 4.39. The normalized spacial score (nSPS) is 14.9. The minimum atomic E-state index is -5.64. The first kappa shape index (κ1) is 14.9. The predicted octanol–water partition coefficient (Wildman–Crippen LogP) is 4.03. The van der Waals surface area contributed by atoms with E-state index in [9.17, 15) is 27.1 Å². The van der Waals surface area contributed by atoms with Crippen LogP contribution in [0, 0.1) is 5.92 Å². The van der Waals surface area contributed by atoms with Crippen LogP contribution in [0.3, 0.4) is 0 Å². The van der Waals surface area contributed by atoms with E-state index in [0.29, 0.717) is 12.1 Å². The van der Waals surface area contributed by atoms with E-state index < -0.39 is 23.8 Å². The zero-order valence-corrected chi connectivity index (χ0v) is 9.80. The molecule has 0 fully saturated rings. The topological polar surface area (TPSA) is 20.2 Å². The molecule has 0 saturated heterocycles. The molecule has 0 aromatic heterocycles. The Kier molecular flexibility index (Phi) is 4.00. The van der Waals surface area contributed by atoms with Gasteiger partial charge in [0, 0.05) is 5.56 Å². The van der Waals surface area contributed by atoms with Crippen molar-refractivity contribution in [2.24, 2.45) is 5.92 Å². The maximum atomic E-state index is 13.1. The van der Waals surface area contributed by atoms with Gasteiger partial charge < -0.3 is 5.11 Å². The lowest BCUT2D eigenvalue weighted by molar-refractivity contribution is -0.289. The van der Waals surface area contributed by atoms with Gasteiger partial charge >= 0.3 is 12.1 Å². The van der Waals surface area contributed by atoms with Gasteiger partial charge in [-0.05, 0) is 17.5 Å². The van der Waals surface area contributed by atoms with Crippen molar-refractivity contribution in [1.82, 2.24) is 0 Å². The van der Waals surface area contributed by atoms with Crippen LogP contribution >= 0.6 is 0 Å². The third-order valence-corrected chi connectivity index (χ3v) is 2.58. The highest BCUT2D eigenvalue weighted by Gasteiger charge is 2.58.